The standard InChI is InChI=1S/C20H30N2O3/c1-16-4-8-19(9-5-16)25-12-3-2-11-21-20(23)22(18-6-7-18)14-17-10-13-24-15-17/h4-5,8-9,17-18H,2-3,6-7,10-15H2,1H3,(H,21,23). The molecule has 1 saturated carbocycles. The molecule has 5 nitrogen and oxygen atoms in total. The number of hydrogen-bond donors (Lipinski definition) is 1. The van der Waals surface area contributed by atoms with Gasteiger partial charge in [0.15, 0.2) is 0 Å². The first-order chi connectivity index (χ1) is 12.2. The van der Waals surface area contributed by atoms with E-state index >= 15 is 0 Å². The summed E-state index contributed by atoms with van der Waals surface area (Å²) < 4.78 is 11.1. The summed E-state index contributed by atoms with van der Waals surface area (Å²) in [7, 11) is 0. The third-order valence-corrected chi connectivity index (χ3v) is 4.86. The number of ether oxygens (including phenoxy) is 2. The minimum atomic E-state index is 0.0915. The van der Waals surface area contributed by atoms with Crippen LogP contribution in [0.5, 0.6) is 5.75 Å². The lowest BCUT2D eigenvalue weighted by molar-refractivity contribution is 0.162. The zero-order valence-corrected chi connectivity index (χ0v) is 15.2. The molecular weight excluding hydrogens is 316 g/mol. The molecule has 1 atom stereocenters. The topological polar surface area (TPSA) is 50.8 Å². The second-order valence-electron chi connectivity index (χ2n) is 7.21. The molecule has 25 heavy (non-hydrogen) atoms. The summed E-state index contributed by atoms with van der Waals surface area (Å²) in [5, 5.41) is 3.07. The van der Waals surface area contributed by atoms with Crippen molar-refractivity contribution < 1.29 is 14.3 Å². The Morgan fingerprint density at radius 3 is 2.72 bits per heavy atom. The molecule has 138 valence electrons. The molecule has 2 aliphatic rings. The van der Waals surface area contributed by atoms with Crippen molar-refractivity contribution in [3.8, 4) is 5.75 Å². The summed E-state index contributed by atoms with van der Waals surface area (Å²) in [5.41, 5.74) is 1.24. The molecular formula is C20H30N2O3. The Balaban J connectivity index is 1.29. The molecule has 0 spiro atoms. The van der Waals surface area contributed by atoms with Crippen LogP contribution in [-0.4, -0.2) is 49.9 Å². The first-order valence-corrected chi connectivity index (χ1v) is 9.54. The number of nitrogens with one attached hydrogen (secondary N) is 1. The molecule has 3 rings (SSSR count). The summed E-state index contributed by atoms with van der Waals surface area (Å²) in [6.45, 7) is 5.94. The van der Waals surface area contributed by atoms with Gasteiger partial charge in [-0.25, -0.2) is 4.79 Å². The van der Waals surface area contributed by atoms with Gasteiger partial charge in [-0.2, -0.15) is 0 Å². The molecule has 1 heterocycles. The van der Waals surface area contributed by atoms with E-state index in [-0.39, 0.29) is 6.03 Å². The van der Waals surface area contributed by atoms with Crippen LogP contribution in [0.3, 0.4) is 0 Å². The van der Waals surface area contributed by atoms with Gasteiger partial charge in [0.25, 0.3) is 0 Å². The molecule has 1 unspecified atom stereocenters. The first-order valence-electron chi connectivity index (χ1n) is 9.54. The number of amides is 2. The predicted molar refractivity (Wildman–Crippen MR) is 98.0 cm³/mol. The second kappa shape index (κ2) is 9.09. The molecule has 1 aliphatic heterocycles. The zero-order chi connectivity index (χ0) is 17.5. The lowest BCUT2D eigenvalue weighted by Gasteiger charge is -2.25. The van der Waals surface area contributed by atoms with Gasteiger partial charge < -0.3 is 19.7 Å². The fourth-order valence-electron chi connectivity index (χ4n) is 3.14. The van der Waals surface area contributed by atoms with Crippen LogP contribution in [0, 0.1) is 12.8 Å². The quantitative estimate of drug-likeness (QED) is 0.698. The van der Waals surface area contributed by atoms with E-state index in [0.29, 0.717) is 25.1 Å². The fraction of sp³-hybridized carbons (Fsp3) is 0.650. The van der Waals surface area contributed by atoms with Gasteiger partial charge >= 0.3 is 6.03 Å². The molecule has 1 N–H and O–H groups in total. The number of rotatable bonds is 9. The van der Waals surface area contributed by atoms with Gasteiger partial charge in [0.2, 0.25) is 0 Å². The Bertz CT molecular complexity index is 536. The normalized spacial score (nSPS) is 19.6. The maximum Gasteiger partial charge on any atom is 0.317 e. The molecule has 1 aliphatic carbocycles. The van der Waals surface area contributed by atoms with Crippen molar-refractivity contribution in [1.82, 2.24) is 10.2 Å². The maximum absolute atomic E-state index is 12.4. The molecule has 1 aromatic carbocycles. The smallest absolute Gasteiger partial charge is 0.317 e. The van der Waals surface area contributed by atoms with Crippen molar-refractivity contribution >= 4 is 6.03 Å². The minimum Gasteiger partial charge on any atom is -0.494 e. The van der Waals surface area contributed by atoms with Gasteiger partial charge in [0.1, 0.15) is 5.75 Å². The monoisotopic (exact) mass is 346 g/mol. The zero-order valence-electron chi connectivity index (χ0n) is 15.2. The maximum atomic E-state index is 12.4. The Labute approximate surface area is 150 Å². The van der Waals surface area contributed by atoms with Crippen LogP contribution in [0.1, 0.15) is 37.7 Å². The van der Waals surface area contributed by atoms with Crippen LogP contribution >= 0.6 is 0 Å². The van der Waals surface area contributed by atoms with E-state index in [2.05, 4.69) is 24.4 Å². The predicted octanol–water partition coefficient (Wildman–Crippen LogP) is 3.36. The molecule has 0 aromatic heterocycles. The van der Waals surface area contributed by atoms with E-state index in [1.165, 1.54) is 5.56 Å². The SMILES string of the molecule is Cc1ccc(OCCCCNC(=O)N(CC2CCOC2)C2CC2)cc1. The third-order valence-electron chi connectivity index (χ3n) is 4.86. The molecule has 5 heteroatoms. The average Bonchev–Trinajstić information content (AvgIpc) is 3.33. The Kier molecular flexibility index (Phi) is 6.56. The average molecular weight is 346 g/mol. The van der Waals surface area contributed by atoms with Crippen molar-refractivity contribution in [3.05, 3.63) is 29.8 Å². The van der Waals surface area contributed by atoms with Crippen LogP contribution in [-0.2, 0) is 4.74 Å². The third kappa shape index (κ3) is 5.92. The summed E-state index contributed by atoms with van der Waals surface area (Å²) in [5.74, 6) is 1.42. The first kappa shape index (κ1) is 18.1. The number of carbonyl (C=O) groups is 1. The van der Waals surface area contributed by atoms with Gasteiger partial charge in [-0.1, -0.05) is 17.7 Å². The van der Waals surface area contributed by atoms with E-state index in [4.69, 9.17) is 9.47 Å². The van der Waals surface area contributed by atoms with Crippen molar-refractivity contribution in [2.75, 3.05) is 32.9 Å². The van der Waals surface area contributed by atoms with Crippen LogP contribution in [0.25, 0.3) is 0 Å². The molecule has 0 radical (unpaired) electrons. The lowest BCUT2D eigenvalue weighted by atomic mass is 10.1. The molecule has 2 fully saturated rings. The lowest BCUT2D eigenvalue weighted by Crippen LogP contribution is -2.44. The highest BCUT2D eigenvalue weighted by atomic mass is 16.5. The minimum absolute atomic E-state index is 0.0915. The number of hydrogen-bond acceptors (Lipinski definition) is 3. The molecule has 1 aromatic rings. The fourth-order valence-corrected chi connectivity index (χ4v) is 3.14. The largest absolute Gasteiger partial charge is 0.494 e. The highest BCUT2D eigenvalue weighted by molar-refractivity contribution is 5.74. The molecule has 1 saturated heterocycles. The van der Waals surface area contributed by atoms with E-state index in [0.717, 1.165) is 57.6 Å². The summed E-state index contributed by atoms with van der Waals surface area (Å²) in [6, 6.07) is 8.64. The van der Waals surface area contributed by atoms with Crippen molar-refractivity contribution in [3.63, 3.8) is 0 Å². The molecule has 0 bridgehead atoms. The summed E-state index contributed by atoms with van der Waals surface area (Å²) >= 11 is 0. The second-order valence-corrected chi connectivity index (χ2v) is 7.21. The Morgan fingerprint density at radius 1 is 1.24 bits per heavy atom. The van der Waals surface area contributed by atoms with Crippen molar-refractivity contribution in [1.29, 1.82) is 0 Å². The number of nitrogens with zero attached hydrogens (tertiary/aromatic N) is 1. The number of carbonyl (C=O) groups excluding carboxylic acids is 1. The number of urea groups is 1. The summed E-state index contributed by atoms with van der Waals surface area (Å²) in [6.07, 6.45) is 5.24. The van der Waals surface area contributed by atoms with E-state index < -0.39 is 0 Å². The van der Waals surface area contributed by atoms with Crippen LogP contribution < -0.4 is 10.1 Å². The van der Waals surface area contributed by atoms with Crippen LogP contribution in [0.4, 0.5) is 4.79 Å². The van der Waals surface area contributed by atoms with E-state index in [1.54, 1.807) is 0 Å². The Morgan fingerprint density at radius 2 is 2.04 bits per heavy atom. The Hall–Kier alpha value is -1.75. The number of aryl methyl sites for hydroxylation is 1. The van der Waals surface area contributed by atoms with Gasteiger partial charge in [-0.3, -0.25) is 0 Å². The van der Waals surface area contributed by atoms with Crippen LogP contribution in [0.15, 0.2) is 24.3 Å². The van der Waals surface area contributed by atoms with Gasteiger partial charge in [-0.15, -0.1) is 0 Å². The van der Waals surface area contributed by atoms with Crippen molar-refractivity contribution in [2.24, 2.45) is 5.92 Å². The van der Waals surface area contributed by atoms with Gasteiger partial charge in [0, 0.05) is 31.7 Å². The van der Waals surface area contributed by atoms with Gasteiger partial charge in [-0.05, 0) is 51.2 Å². The van der Waals surface area contributed by atoms with E-state index in [9.17, 15) is 4.79 Å². The van der Waals surface area contributed by atoms with E-state index in [1.807, 2.05) is 17.0 Å². The van der Waals surface area contributed by atoms with Gasteiger partial charge in [0.05, 0.1) is 13.2 Å². The number of unbranched alkanes of at least 4 members (excludes halogenated alkanes) is 1. The summed E-state index contributed by atoms with van der Waals surface area (Å²) in [4.78, 5) is 14.5. The highest BCUT2D eigenvalue weighted by Crippen LogP contribution is 2.29. The number of benzene rings is 1. The molecule has 2 amide bonds. The highest BCUT2D eigenvalue weighted by Gasteiger charge is 2.34. The van der Waals surface area contributed by atoms with Crippen molar-refractivity contribution in [2.45, 2.75) is 45.1 Å². The van der Waals surface area contributed by atoms with Crippen LogP contribution in [0.2, 0.25) is 0 Å².